The number of rotatable bonds is 6. The van der Waals surface area contributed by atoms with Crippen molar-refractivity contribution in [3.8, 4) is 33.0 Å². The molecule has 7 heteroatoms. The van der Waals surface area contributed by atoms with E-state index < -0.39 is 0 Å². The van der Waals surface area contributed by atoms with Gasteiger partial charge in [-0.15, -0.1) is 10.2 Å². The molecule has 6 nitrogen and oxygen atoms in total. The van der Waals surface area contributed by atoms with Crippen LogP contribution >= 0.6 is 11.3 Å². The zero-order valence-electron chi connectivity index (χ0n) is 17.8. The normalized spacial score (nSPS) is 14.2. The van der Waals surface area contributed by atoms with Crippen molar-refractivity contribution < 1.29 is 9.84 Å². The van der Waals surface area contributed by atoms with Crippen molar-refractivity contribution in [3.63, 3.8) is 0 Å². The van der Waals surface area contributed by atoms with Gasteiger partial charge in [-0.2, -0.15) is 5.26 Å². The fourth-order valence-corrected chi connectivity index (χ4v) is 4.67. The van der Waals surface area contributed by atoms with E-state index in [0.29, 0.717) is 11.3 Å². The van der Waals surface area contributed by atoms with E-state index >= 15 is 0 Å². The lowest BCUT2D eigenvalue weighted by molar-refractivity contribution is 0.201. The smallest absolute Gasteiger partial charge is 0.148 e. The van der Waals surface area contributed by atoms with Gasteiger partial charge in [0, 0.05) is 30.8 Å². The van der Waals surface area contributed by atoms with Crippen molar-refractivity contribution in [2.45, 2.75) is 32.8 Å². The maximum absolute atomic E-state index is 9.49. The molecule has 3 aromatic rings. The molecule has 0 radical (unpaired) electrons. The summed E-state index contributed by atoms with van der Waals surface area (Å²) < 4.78 is 5.72. The number of hydrogen-bond acceptors (Lipinski definition) is 7. The molecule has 1 aliphatic rings. The van der Waals surface area contributed by atoms with Crippen LogP contribution in [0.25, 0.3) is 21.1 Å². The average Bonchev–Trinajstić information content (AvgIpc) is 3.17. The highest BCUT2D eigenvalue weighted by molar-refractivity contribution is 7.17. The summed E-state index contributed by atoms with van der Waals surface area (Å²) in [4.78, 5) is 2.31. The molecule has 31 heavy (non-hydrogen) atoms. The minimum absolute atomic E-state index is 0.00927. The zero-order chi connectivity index (χ0) is 21.8. The van der Waals surface area contributed by atoms with Gasteiger partial charge in [0.1, 0.15) is 21.8 Å². The highest BCUT2D eigenvalue weighted by atomic mass is 32.1. The van der Waals surface area contributed by atoms with Crippen LogP contribution in [0.5, 0.6) is 5.75 Å². The molecule has 2 heterocycles. The molecule has 1 N–H and O–H groups in total. The van der Waals surface area contributed by atoms with Gasteiger partial charge in [-0.1, -0.05) is 23.5 Å². The second-order valence-electron chi connectivity index (χ2n) is 7.95. The largest absolute Gasteiger partial charge is 0.490 e. The van der Waals surface area contributed by atoms with Crippen LogP contribution in [0.4, 0.5) is 0 Å². The van der Waals surface area contributed by atoms with Crippen molar-refractivity contribution in [2.75, 3.05) is 26.2 Å². The molecule has 0 unspecified atom stereocenters. The van der Waals surface area contributed by atoms with Crippen LogP contribution in [0.15, 0.2) is 36.4 Å². The van der Waals surface area contributed by atoms with Gasteiger partial charge in [-0.05, 0) is 62.1 Å². The number of fused-ring (bicyclic) bond motifs is 1. The predicted molar refractivity (Wildman–Crippen MR) is 122 cm³/mol. The van der Waals surface area contributed by atoms with Crippen LogP contribution < -0.4 is 4.74 Å². The molecule has 0 atom stereocenters. The monoisotopic (exact) mass is 434 g/mol. The Morgan fingerprint density at radius 2 is 1.74 bits per heavy atom. The first-order valence-corrected chi connectivity index (χ1v) is 11.4. The summed E-state index contributed by atoms with van der Waals surface area (Å²) in [6, 6.07) is 14.3. The molecule has 4 rings (SSSR count). The number of aromatic nitrogens is 2. The maximum atomic E-state index is 9.49. The van der Waals surface area contributed by atoms with Gasteiger partial charge in [0.2, 0.25) is 0 Å². The Kier molecular flexibility index (Phi) is 6.62. The van der Waals surface area contributed by atoms with E-state index in [-0.39, 0.29) is 12.7 Å². The third-order valence-electron chi connectivity index (χ3n) is 5.40. The van der Waals surface area contributed by atoms with Gasteiger partial charge in [-0.25, -0.2) is 0 Å². The van der Waals surface area contributed by atoms with Gasteiger partial charge in [0.25, 0.3) is 0 Å². The summed E-state index contributed by atoms with van der Waals surface area (Å²) in [7, 11) is 0. The number of nitriles is 1. The molecule has 1 aliphatic heterocycles. The topological polar surface area (TPSA) is 82.3 Å². The Balaban J connectivity index is 1.57. The Bertz CT molecular complexity index is 1100. The summed E-state index contributed by atoms with van der Waals surface area (Å²) in [5, 5.41) is 29.2. The van der Waals surface area contributed by atoms with E-state index in [1.807, 2.05) is 32.0 Å². The number of β-amino-alcohol motifs (C(OH)–C–C–N with tert-alkyl or cyclic N) is 1. The third-order valence-corrected chi connectivity index (χ3v) is 6.42. The molecule has 0 spiro atoms. The summed E-state index contributed by atoms with van der Waals surface area (Å²) in [5.74, 6) is 0.590. The van der Waals surface area contributed by atoms with Gasteiger partial charge in [0.05, 0.1) is 18.3 Å². The van der Waals surface area contributed by atoms with Gasteiger partial charge < -0.3 is 14.7 Å². The predicted octanol–water partition coefficient (Wildman–Crippen LogP) is 3.92. The fourth-order valence-electron chi connectivity index (χ4n) is 3.83. The highest BCUT2D eigenvalue weighted by Gasteiger charge is 2.16. The van der Waals surface area contributed by atoms with Crippen LogP contribution in [0.1, 0.15) is 30.5 Å². The molecule has 2 aromatic carbocycles. The zero-order valence-corrected chi connectivity index (χ0v) is 18.7. The molecule has 0 amide bonds. The fraction of sp³-hybridized carbons (Fsp3) is 0.375. The molecule has 0 bridgehead atoms. The number of benzene rings is 2. The van der Waals surface area contributed by atoms with Crippen molar-refractivity contribution in [1.29, 1.82) is 5.26 Å². The number of nitrogens with zero attached hydrogens (tertiary/aromatic N) is 4. The van der Waals surface area contributed by atoms with Crippen molar-refractivity contribution in [3.05, 3.63) is 53.1 Å². The Labute approximate surface area is 186 Å². The van der Waals surface area contributed by atoms with E-state index in [1.165, 1.54) is 22.5 Å². The third kappa shape index (κ3) is 4.93. The highest BCUT2D eigenvalue weighted by Crippen LogP contribution is 2.33. The first kappa shape index (κ1) is 21.4. The molecule has 0 fully saturated rings. The molecule has 160 valence electrons. The first-order chi connectivity index (χ1) is 15.1. The first-order valence-electron chi connectivity index (χ1n) is 10.6. The second-order valence-corrected chi connectivity index (χ2v) is 8.93. The minimum Gasteiger partial charge on any atom is -0.490 e. The van der Waals surface area contributed by atoms with E-state index in [4.69, 9.17) is 4.74 Å². The van der Waals surface area contributed by atoms with E-state index in [1.54, 1.807) is 0 Å². The molecule has 1 aromatic heterocycles. The molecule has 0 saturated carbocycles. The lowest BCUT2D eigenvalue weighted by Gasteiger charge is -2.17. The molecular formula is C24H26N4O2S. The van der Waals surface area contributed by atoms with Gasteiger partial charge in [-0.3, -0.25) is 0 Å². The molecule has 0 saturated heterocycles. The summed E-state index contributed by atoms with van der Waals surface area (Å²) in [6.07, 6.45) is 1.98. The van der Waals surface area contributed by atoms with Crippen LogP contribution in [0, 0.1) is 11.3 Å². The minimum atomic E-state index is 0.00927. The van der Waals surface area contributed by atoms with Crippen LogP contribution in [0.3, 0.4) is 0 Å². The molecule has 0 aliphatic carbocycles. The van der Waals surface area contributed by atoms with Gasteiger partial charge in [0.15, 0.2) is 0 Å². The van der Waals surface area contributed by atoms with E-state index in [0.717, 1.165) is 53.6 Å². The summed E-state index contributed by atoms with van der Waals surface area (Å²) in [5.41, 5.74) is 5.15. The van der Waals surface area contributed by atoms with Crippen LogP contribution in [-0.2, 0) is 12.8 Å². The van der Waals surface area contributed by atoms with Crippen molar-refractivity contribution in [2.24, 2.45) is 0 Å². The number of aliphatic hydroxyl groups excluding tert-OH is 1. The SMILES string of the molecule is CC(C)Oc1ccc(-c2nnc(-c3ccc4c(c3)CCN(CCO)CC4)s2)cc1C#N. The summed E-state index contributed by atoms with van der Waals surface area (Å²) >= 11 is 1.53. The summed E-state index contributed by atoms with van der Waals surface area (Å²) in [6.45, 7) is 6.75. The maximum Gasteiger partial charge on any atom is 0.148 e. The van der Waals surface area contributed by atoms with E-state index in [9.17, 15) is 10.4 Å². The lowest BCUT2D eigenvalue weighted by atomic mass is 10.0. The molecular weight excluding hydrogens is 408 g/mol. The van der Waals surface area contributed by atoms with Crippen molar-refractivity contribution in [1.82, 2.24) is 15.1 Å². The van der Waals surface area contributed by atoms with Gasteiger partial charge >= 0.3 is 0 Å². The average molecular weight is 435 g/mol. The van der Waals surface area contributed by atoms with Crippen LogP contribution in [0.2, 0.25) is 0 Å². The standard InChI is InChI=1S/C24H26N4O2S/c1-16(2)30-22-6-5-20(14-21(22)15-25)24-27-26-23(31-24)19-4-3-17-7-9-28(11-12-29)10-8-18(17)13-19/h3-6,13-14,16,29H,7-12H2,1-2H3. The van der Waals surface area contributed by atoms with E-state index in [2.05, 4.69) is 39.4 Å². The lowest BCUT2D eigenvalue weighted by Crippen LogP contribution is -2.29. The second kappa shape index (κ2) is 9.56. The number of hydrogen-bond donors (Lipinski definition) is 1. The number of aliphatic hydroxyl groups is 1. The Hall–Kier alpha value is -2.79. The Morgan fingerprint density at radius 1 is 1.06 bits per heavy atom. The Morgan fingerprint density at radius 3 is 2.42 bits per heavy atom. The quantitative estimate of drug-likeness (QED) is 0.633. The van der Waals surface area contributed by atoms with Crippen molar-refractivity contribution >= 4 is 11.3 Å². The van der Waals surface area contributed by atoms with Crippen LogP contribution in [-0.4, -0.2) is 52.5 Å². The number of ether oxygens (including phenoxy) is 1.